The summed E-state index contributed by atoms with van der Waals surface area (Å²) in [6.45, 7) is 0.664. The largest absolute Gasteiger partial charge is 0.366 e. The molecule has 6 heteroatoms. The number of benzene rings is 1. The molecule has 25 heavy (non-hydrogen) atoms. The van der Waals surface area contributed by atoms with Gasteiger partial charge in [-0.05, 0) is 57.9 Å². The Balaban J connectivity index is 1.63. The lowest BCUT2D eigenvalue weighted by Gasteiger charge is -2.18. The van der Waals surface area contributed by atoms with Crippen LogP contribution in [0.5, 0.6) is 0 Å². The molecule has 0 bridgehead atoms. The second-order valence-electron chi connectivity index (χ2n) is 5.48. The number of hydrogen-bond acceptors (Lipinski definition) is 4. The van der Waals surface area contributed by atoms with E-state index in [9.17, 15) is 4.79 Å². The maximum atomic E-state index is 12.4. The summed E-state index contributed by atoms with van der Waals surface area (Å²) < 4.78 is 0.948. The fourth-order valence-corrected chi connectivity index (χ4v) is 2.55. The fourth-order valence-electron chi connectivity index (χ4n) is 2.32. The average molecular weight is 397 g/mol. The quantitative estimate of drug-likeness (QED) is 0.704. The van der Waals surface area contributed by atoms with Crippen molar-refractivity contribution in [2.75, 3.05) is 17.3 Å². The first-order chi connectivity index (χ1) is 12.1. The van der Waals surface area contributed by atoms with Crippen molar-refractivity contribution in [1.29, 1.82) is 0 Å². The highest BCUT2D eigenvalue weighted by molar-refractivity contribution is 9.10. The molecule has 0 atom stereocenters. The average Bonchev–Trinajstić information content (AvgIpc) is 2.67. The van der Waals surface area contributed by atoms with Crippen molar-refractivity contribution >= 4 is 33.3 Å². The van der Waals surface area contributed by atoms with Crippen molar-refractivity contribution in [3.8, 4) is 0 Å². The number of carbonyl (C=O) groups excluding carboxylic acids is 1. The Kier molecular flexibility index (Phi) is 5.40. The molecule has 0 aliphatic rings. The zero-order chi connectivity index (χ0) is 17.6. The molecule has 0 saturated heterocycles. The molecular weight excluding hydrogens is 380 g/mol. The fraction of sp³-hybridized carbons (Fsp3) is 0.105. The van der Waals surface area contributed by atoms with Gasteiger partial charge in [0, 0.05) is 47.9 Å². The third-order valence-corrected chi connectivity index (χ3v) is 4.23. The Labute approximate surface area is 154 Å². The summed E-state index contributed by atoms with van der Waals surface area (Å²) >= 11 is 3.37. The first kappa shape index (κ1) is 17.1. The van der Waals surface area contributed by atoms with Gasteiger partial charge < -0.3 is 10.2 Å². The van der Waals surface area contributed by atoms with E-state index < -0.39 is 0 Å². The van der Waals surface area contributed by atoms with E-state index in [2.05, 4.69) is 31.2 Å². The van der Waals surface area contributed by atoms with E-state index >= 15 is 0 Å². The summed E-state index contributed by atoms with van der Waals surface area (Å²) in [6, 6.07) is 15.1. The van der Waals surface area contributed by atoms with Gasteiger partial charge in [0.1, 0.15) is 5.82 Å². The lowest BCUT2D eigenvalue weighted by atomic mass is 10.1. The molecule has 1 N–H and O–H groups in total. The molecule has 0 fully saturated rings. The highest BCUT2D eigenvalue weighted by atomic mass is 79.9. The topological polar surface area (TPSA) is 58.1 Å². The highest BCUT2D eigenvalue weighted by Gasteiger charge is 2.12. The van der Waals surface area contributed by atoms with Crippen LogP contribution in [0, 0.1) is 0 Å². The standard InChI is InChI=1S/C19H17BrN4O/c1-24(19(25)15-8-10-21-11-9-15)17-5-2-14(3-6-17)12-22-18-7-4-16(20)13-23-18/h2-11,13H,12H2,1H3,(H,22,23). The second kappa shape index (κ2) is 7.90. The molecule has 5 nitrogen and oxygen atoms in total. The summed E-state index contributed by atoms with van der Waals surface area (Å²) in [4.78, 5) is 22.3. The maximum Gasteiger partial charge on any atom is 0.258 e. The molecule has 0 aliphatic heterocycles. The molecule has 3 aromatic rings. The van der Waals surface area contributed by atoms with Crippen LogP contribution in [-0.4, -0.2) is 22.9 Å². The van der Waals surface area contributed by atoms with Crippen LogP contribution in [0.2, 0.25) is 0 Å². The van der Waals surface area contributed by atoms with Gasteiger partial charge in [-0.15, -0.1) is 0 Å². The molecule has 0 radical (unpaired) electrons. The highest BCUT2D eigenvalue weighted by Crippen LogP contribution is 2.17. The summed E-state index contributed by atoms with van der Waals surface area (Å²) in [7, 11) is 1.77. The zero-order valence-electron chi connectivity index (χ0n) is 13.7. The minimum Gasteiger partial charge on any atom is -0.366 e. The van der Waals surface area contributed by atoms with Crippen molar-refractivity contribution in [1.82, 2.24) is 9.97 Å². The van der Waals surface area contributed by atoms with Crippen LogP contribution in [0.15, 0.2) is 71.6 Å². The first-order valence-electron chi connectivity index (χ1n) is 7.76. The normalized spacial score (nSPS) is 10.3. The third-order valence-electron chi connectivity index (χ3n) is 3.76. The van der Waals surface area contributed by atoms with E-state index in [4.69, 9.17) is 0 Å². The van der Waals surface area contributed by atoms with Crippen molar-refractivity contribution in [3.63, 3.8) is 0 Å². The Hall–Kier alpha value is -2.73. The number of amides is 1. The van der Waals surface area contributed by atoms with Crippen LogP contribution in [0.25, 0.3) is 0 Å². The summed E-state index contributed by atoms with van der Waals surface area (Å²) in [5.41, 5.74) is 2.56. The number of nitrogens with zero attached hydrogens (tertiary/aromatic N) is 3. The SMILES string of the molecule is CN(C(=O)c1ccncc1)c1ccc(CNc2ccc(Br)cn2)cc1. The number of anilines is 2. The van der Waals surface area contributed by atoms with Crippen molar-refractivity contribution < 1.29 is 4.79 Å². The zero-order valence-corrected chi connectivity index (χ0v) is 15.3. The minimum atomic E-state index is -0.0627. The van der Waals surface area contributed by atoms with E-state index in [-0.39, 0.29) is 5.91 Å². The molecule has 0 unspecified atom stereocenters. The van der Waals surface area contributed by atoms with E-state index in [0.717, 1.165) is 21.5 Å². The molecule has 0 aliphatic carbocycles. The number of halogens is 1. The van der Waals surface area contributed by atoms with Crippen LogP contribution in [0.3, 0.4) is 0 Å². The minimum absolute atomic E-state index is 0.0627. The lowest BCUT2D eigenvalue weighted by Crippen LogP contribution is -2.26. The van der Waals surface area contributed by atoms with Gasteiger partial charge >= 0.3 is 0 Å². The summed E-state index contributed by atoms with van der Waals surface area (Å²) in [5, 5.41) is 3.27. The Morgan fingerprint density at radius 3 is 2.44 bits per heavy atom. The lowest BCUT2D eigenvalue weighted by molar-refractivity contribution is 0.0993. The van der Waals surface area contributed by atoms with Gasteiger partial charge in [0.15, 0.2) is 0 Å². The number of nitrogens with one attached hydrogen (secondary N) is 1. The van der Waals surface area contributed by atoms with E-state index in [1.807, 2.05) is 36.4 Å². The van der Waals surface area contributed by atoms with Gasteiger partial charge in [-0.2, -0.15) is 0 Å². The third kappa shape index (κ3) is 4.42. The van der Waals surface area contributed by atoms with E-state index in [0.29, 0.717) is 12.1 Å². The van der Waals surface area contributed by atoms with Gasteiger partial charge in [-0.1, -0.05) is 12.1 Å². The molecule has 2 heterocycles. The number of hydrogen-bond donors (Lipinski definition) is 1. The Morgan fingerprint density at radius 2 is 1.80 bits per heavy atom. The van der Waals surface area contributed by atoms with Gasteiger partial charge in [0.05, 0.1) is 0 Å². The van der Waals surface area contributed by atoms with Gasteiger partial charge in [-0.25, -0.2) is 4.98 Å². The molecule has 1 aromatic carbocycles. The molecule has 1 amide bonds. The summed E-state index contributed by atoms with van der Waals surface area (Å²) in [6.07, 6.45) is 4.99. The predicted octanol–water partition coefficient (Wildman–Crippen LogP) is 4.13. The predicted molar refractivity (Wildman–Crippen MR) is 103 cm³/mol. The first-order valence-corrected chi connectivity index (χ1v) is 8.55. The van der Waals surface area contributed by atoms with Crippen LogP contribution in [0.4, 0.5) is 11.5 Å². The molecule has 0 saturated carbocycles. The molecule has 126 valence electrons. The molecule has 3 rings (SSSR count). The molecule has 0 spiro atoms. The monoisotopic (exact) mass is 396 g/mol. The Bertz CT molecular complexity index is 836. The smallest absolute Gasteiger partial charge is 0.258 e. The van der Waals surface area contributed by atoms with Crippen LogP contribution in [0.1, 0.15) is 15.9 Å². The maximum absolute atomic E-state index is 12.4. The number of aromatic nitrogens is 2. The number of pyridine rings is 2. The van der Waals surface area contributed by atoms with Crippen molar-refractivity contribution in [2.24, 2.45) is 0 Å². The van der Waals surface area contributed by atoms with Crippen LogP contribution < -0.4 is 10.2 Å². The van der Waals surface area contributed by atoms with Gasteiger partial charge in [0.25, 0.3) is 5.91 Å². The number of carbonyl (C=O) groups is 1. The molecule has 2 aromatic heterocycles. The van der Waals surface area contributed by atoms with Crippen LogP contribution >= 0.6 is 15.9 Å². The summed E-state index contributed by atoms with van der Waals surface area (Å²) in [5.74, 6) is 0.754. The van der Waals surface area contributed by atoms with E-state index in [1.54, 1.807) is 42.7 Å². The van der Waals surface area contributed by atoms with Gasteiger partial charge in [0.2, 0.25) is 0 Å². The van der Waals surface area contributed by atoms with Crippen molar-refractivity contribution in [3.05, 3.63) is 82.7 Å². The number of rotatable bonds is 5. The van der Waals surface area contributed by atoms with E-state index in [1.165, 1.54) is 0 Å². The van der Waals surface area contributed by atoms with Crippen LogP contribution in [-0.2, 0) is 6.54 Å². The van der Waals surface area contributed by atoms with Crippen molar-refractivity contribution in [2.45, 2.75) is 6.54 Å². The molecular formula is C19H17BrN4O. The Morgan fingerprint density at radius 1 is 1.08 bits per heavy atom. The van der Waals surface area contributed by atoms with Gasteiger partial charge in [-0.3, -0.25) is 9.78 Å². The second-order valence-corrected chi connectivity index (χ2v) is 6.40.